The van der Waals surface area contributed by atoms with Crippen LogP contribution in [-0.2, 0) is 0 Å². The van der Waals surface area contributed by atoms with E-state index in [-0.39, 0.29) is 25.0 Å². The molecule has 0 amide bonds. The van der Waals surface area contributed by atoms with Gasteiger partial charge in [0.25, 0.3) is 0 Å². The minimum Gasteiger partial charge on any atom is -0.432 e. The normalized spacial score (nSPS) is 21.6. The highest BCUT2D eigenvalue weighted by molar-refractivity contribution is 5.53. The lowest BCUT2D eigenvalue weighted by atomic mass is 9.79. The average molecular weight is 398 g/mol. The van der Waals surface area contributed by atoms with Gasteiger partial charge in [0.2, 0.25) is 0 Å². The quantitative estimate of drug-likeness (QED) is 0.464. The van der Waals surface area contributed by atoms with Gasteiger partial charge in [-0.3, -0.25) is 0 Å². The minimum absolute atomic E-state index is 0.210. The minimum atomic E-state index is -4.75. The Bertz CT molecular complexity index is 636. The largest absolute Gasteiger partial charge is 0.432 e. The first kappa shape index (κ1) is 21.6. The van der Waals surface area contributed by atoms with Crippen molar-refractivity contribution in [1.29, 1.82) is 0 Å². The maximum atomic E-state index is 14.3. The third kappa shape index (κ3) is 6.14. The lowest BCUT2D eigenvalue weighted by Crippen LogP contribution is -2.37. The number of benzene rings is 1. The van der Waals surface area contributed by atoms with Crippen molar-refractivity contribution < 1.29 is 35.5 Å². The number of halogens is 7. The smallest absolute Gasteiger partial charge is 0.409 e. The van der Waals surface area contributed by atoms with E-state index in [9.17, 15) is 30.7 Å². The van der Waals surface area contributed by atoms with Crippen molar-refractivity contribution in [2.24, 2.45) is 11.8 Å². The van der Waals surface area contributed by atoms with E-state index in [4.69, 9.17) is 0 Å². The van der Waals surface area contributed by atoms with Gasteiger partial charge in [-0.05, 0) is 37.7 Å². The van der Waals surface area contributed by atoms with Crippen LogP contribution >= 0.6 is 0 Å². The second-order valence-electron chi connectivity index (χ2n) is 6.85. The van der Waals surface area contributed by atoms with Crippen LogP contribution in [0.4, 0.5) is 30.7 Å². The monoisotopic (exact) mass is 398 g/mol. The van der Waals surface area contributed by atoms with Gasteiger partial charge < -0.3 is 4.74 Å². The van der Waals surface area contributed by atoms with E-state index < -0.39 is 41.2 Å². The second-order valence-corrected chi connectivity index (χ2v) is 6.85. The van der Waals surface area contributed by atoms with Crippen LogP contribution in [0, 0.1) is 23.5 Å². The molecule has 0 bridgehead atoms. The molecule has 8 heteroatoms. The summed E-state index contributed by atoms with van der Waals surface area (Å²) in [5.41, 5.74) is -0.969. The van der Waals surface area contributed by atoms with Crippen LogP contribution in [0.15, 0.2) is 18.2 Å². The van der Waals surface area contributed by atoms with Gasteiger partial charge in [-0.2, -0.15) is 22.0 Å². The lowest BCUT2D eigenvalue weighted by Gasteiger charge is -2.33. The third-order valence-corrected chi connectivity index (χ3v) is 4.76. The molecular formula is C19H21F7O. The predicted molar refractivity (Wildman–Crippen MR) is 87.4 cm³/mol. The number of alkyl halides is 5. The predicted octanol–water partition coefficient (Wildman–Crippen LogP) is 7.12. The molecule has 0 radical (unpaired) electrons. The number of allylic oxidation sites excluding steroid dienone is 1. The third-order valence-electron chi connectivity index (χ3n) is 4.76. The maximum absolute atomic E-state index is 14.3. The fourth-order valence-corrected chi connectivity index (χ4v) is 3.39. The highest BCUT2D eigenvalue weighted by Gasteiger charge is 2.44. The van der Waals surface area contributed by atoms with E-state index in [0.717, 1.165) is 12.8 Å². The van der Waals surface area contributed by atoms with Crippen LogP contribution in [0.2, 0.25) is 0 Å². The number of hydrogen-bond acceptors (Lipinski definition) is 1. The van der Waals surface area contributed by atoms with Crippen molar-refractivity contribution in [3.63, 3.8) is 0 Å². The molecule has 1 aliphatic rings. The molecule has 0 aliphatic heterocycles. The second kappa shape index (κ2) is 8.52. The molecule has 1 saturated carbocycles. The fraction of sp³-hybridized carbons (Fsp3) is 0.579. The molecule has 0 unspecified atom stereocenters. The molecule has 1 fully saturated rings. The van der Waals surface area contributed by atoms with Gasteiger partial charge in [0.15, 0.2) is 0 Å². The molecule has 0 heterocycles. The number of hydrogen-bond donors (Lipinski definition) is 0. The molecule has 0 spiro atoms. The average Bonchev–Trinajstić information content (AvgIpc) is 2.53. The van der Waals surface area contributed by atoms with E-state index in [1.807, 2.05) is 6.92 Å². The zero-order chi connectivity index (χ0) is 20.2. The van der Waals surface area contributed by atoms with Gasteiger partial charge in [0.1, 0.15) is 17.4 Å². The lowest BCUT2D eigenvalue weighted by molar-refractivity contribution is -0.223. The van der Waals surface area contributed by atoms with Crippen molar-refractivity contribution in [3.05, 3.63) is 35.4 Å². The molecule has 1 aliphatic carbocycles. The van der Waals surface area contributed by atoms with Crippen LogP contribution in [0.1, 0.15) is 51.0 Å². The summed E-state index contributed by atoms with van der Waals surface area (Å²) in [6.45, 7) is 2.03. The van der Waals surface area contributed by atoms with Crippen molar-refractivity contribution in [2.45, 2.75) is 57.7 Å². The van der Waals surface area contributed by atoms with Gasteiger partial charge in [-0.15, -0.1) is 0 Å². The van der Waals surface area contributed by atoms with Crippen molar-refractivity contribution in [1.82, 2.24) is 0 Å². The molecule has 27 heavy (non-hydrogen) atoms. The Hall–Kier alpha value is -1.73. The summed E-state index contributed by atoms with van der Waals surface area (Å²) in [5.74, 6) is -4.24. The number of rotatable bonds is 6. The Kier molecular flexibility index (Phi) is 6.81. The molecular weight excluding hydrogens is 377 g/mol. The highest BCUT2D eigenvalue weighted by atomic mass is 19.4. The molecule has 152 valence electrons. The Balaban J connectivity index is 2.09. The van der Waals surface area contributed by atoms with Crippen molar-refractivity contribution >= 4 is 6.08 Å². The van der Waals surface area contributed by atoms with Gasteiger partial charge in [0, 0.05) is 23.8 Å². The van der Waals surface area contributed by atoms with Crippen molar-refractivity contribution in [3.8, 4) is 5.75 Å². The molecule has 0 saturated heterocycles. The Morgan fingerprint density at radius 3 is 2.04 bits per heavy atom. The Morgan fingerprint density at radius 2 is 1.56 bits per heavy atom. The summed E-state index contributed by atoms with van der Waals surface area (Å²) in [4.78, 5) is 0. The first-order valence-corrected chi connectivity index (χ1v) is 8.83. The Labute approximate surface area is 153 Å². The first-order chi connectivity index (χ1) is 12.5. The van der Waals surface area contributed by atoms with E-state index in [1.54, 1.807) is 0 Å². The van der Waals surface area contributed by atoms with E-state index in [1.165, 1.54) is 0 Å². The molecule has 1 aromatic carbocycles. The topological polar surface area (TPSA) is 9.23 Å². The van der Waals surface area contributed by atoms with Crippen LogP contribution in [0.3, 0.4) is 0 Å². The van der Waals surface area contributed by atoms with E-state index >= 15 is 0 Å². The molecule has 2 rings (SSSR count). The van der Waals surface area contributed by atoms with Gasteiger partial charge in [-0.25, -0.2) is 8.78 Å². The van der Waals surface area contributed by atoms with E-state index in [0.29, 0.717) is 30.9 Å². The summed E-state index contributed by atoms with van der Waals surface area (Å²) in [7, 11) is 0. The van der Waals surface area contributed by atoms with Crippen molar-refractivity contribution in [2.75, 3.05) is 0 Å². The standard InChI is InChI=1S/C19H21F7O/c1-2-3-12-4-6-13(7-5-12)19(25,26)27-14-10-16(20)15(17(21)11-14)8-9-18(22,23)24/h8-13H,2-7H2,1H3. The maximum Gasteiger partial charge on any atom is 0.409 e. The zero-order valence-corrected chi connectivity index (χ0v) is 14.8. The summed E-state index contributed by atoms with van der Waals surface area (Å²) in [5, 5.41) is 0. The SMILES string of the molecule is CCCC1CCC(C(F)(F)Oc2cc(F)c(C=CC(F)(F)F)c(F)c2)CC1. The first-order valence-electron chi connectivity index (χ1n) is 8.83. The zero-order valence-electron chi connectivity index (χ0n) is 14.8. The number of ether oxygens (including phenoxy) is 1. The summed E-state index contributed by atoms with van der Waals surface area (Å²) < 4.78 is 97.3. The Morgan fingerprint density at radius 1 is 1.00 bits per heavy atom. The summed E-state index contributed by atoms with van der Waals surface area (Å²) in [6.07, 6.45) is -4.76. The summed E-state index contributed by atoms with van der Waals surface area (Å²) in [6, 6.07) is 0.936. The van der Waals surface area contributed by atoms with Crippen LogP contribution in [0.5, 0.6) is 5.75 Å². The summed E-state index contributed by atoms with van der Waals surface area (Å²) >= 11 is 0. The van der Waals surface area contributed by atoms with Crippen LogP contribution < -0.4 is 4.74 Å². The molecule has 1 nitrogen and oxygen atoms in total. The van der Waals surface area contributed by atoms with Crippen LogP contribution in [-0.4, -0.2) is 12.3 Å². The van der Waals surface area contributed by atoms with Gasteiger partial charge >= 0.3 is 12.3 Å². The highest BCUT2D eigenvalue weighted by Crippen LogP contribution is 2.41. The molecule has 0 aromatic heterocycles. The molecule has 0 N–H and O–H groups in total. The molecule has 1 aromatic rings. The van der Waals surface area contributed by atoms with E-state index in [2.05, 4.69) is 4.74 Å². The van der Waals surface area contributed by atoms with Crippen LogP contribution in [0.25, 0.3) is 6.08 Å². The van der Waals surface area contributed by atoms with Gasteiger partial charge in [-0.1, -0.05) is 19.8 Å². The molecule has 0 atom stereocenters. The van der Waals surface area contributed by atoms with Gasteiger partial charge in [0.05, 0.1) is 5.92 Å². The fourth-order valence-electron chi connectivity index (χ4n) is 3.39.